The van der Waals surface area contributed by atoms with Crippen molar-refractivity contribution in [1.82, 2.24) is 5.32 Å². The lowest BCUT2D eigenvalue weighted by Crippen LogP contribution is -2.37. The lowest BCUT2D eigenvalue weighted by Gasteiger charge is -2.23. The second kappa shape index (κ2) is 15.2. The lowest BCUT2D eigenvalue weighted by atomic mass is 9.92. The van der Waals surface area contributed by atoms with Crippen LogP contribution in [0.15, 0.2) is 72.8 Å². The first-order valence-corrected chi connectivity index (χ1v) is 13.7. The molecule has 0 saturated carbocycles. The van der Waals surface area contributed by atoms with E-state index in [0.717, 1.165) is 5.56 Å². The first-order chi connectivity index (χ1) is 20.0. The van der Waals surface area contributed by atoms with Crippen LogP contribution in [0.4, 0.5) is 21.9 Å². The molecule has 0 saturated heterocycles. The molecule has 222 valence electrons. The van der Waals surface area contributed by atoms with Crippen molar-refractivity contribution < 1.29 is 29.0 Å². The van der Waals surface area contributed by atoms with Crippen molar-refractivity contribution in [2.75, 3.05) is 23.1 Å². The van der Waals surface area contributed by atoms with Gasteiger partial charge in [0.15, 0.2) is 0 Å². The number of methoxy groups -OCH3 is 1. The number of ether oxygens (including phenoxy) is 1. The van der Waals surface area contributed by atoms with Crippen LogP contribution in [-0.2, 0) is 14.4 Å². The molecule has 0 aliphatic carbocycles. The number of aryl methyl sites for hydroxylation is 1. The first kappa shape index (κ1) is 31.7. The van der Waals surface area contributed by atoms with Gasteiger partial charge in [-0.2, -0.15) is 0 Å². The summed E-state index contributed by atoms with van der Waals surface area (Å²) in [4.78, 5) is 50.1. The third kappa shape index (κ3) is 9.96. The van der Waals surface area contributed by atoms with E-state index in [9.17, 15) is 24.3 Å². The number of carbonyl (C=O) groups excluding carboxylic acids is 3. The van der Waals surface area contributed by atoms with Crippen LogP contribution in [0, 0.1) is 18.8 Å². The van der Waals surface area contributed by atoms with E-state index in [4.69, 9.17) is 4.74 Å². The molecule has 2 atom stereocenters. The van der Waals surface area contributed by atoms with Crippen molar-refractivity contribution in [3.63, 3.8) is 0 Å². The Bertz CT molecular complexity index is 1370. The molecule has 10 heteroatoms. The Balaban J connectivity index is 1.61. The van der Waals surface area contributed by atoms with Crippen LogP contribution in [0.25, 0.3) is 0 Å². The van der Waals surface area contributed by atoms with Crippen molar-refractivity contribution in [2.24, 2.45) is 11.8 Å². The minimum absolute atomic E-state index is 0.0781. The van der Waals surface area contributed by atoms with E-state index in [2.05, 4.69) is 21.3 Å². The highest BCUT2D eigenvalue weighted by molar-refractivity contribution is 6.00. The van der Waals surface area contributed by atoms with Crippen LogP contribution in [0.5, 0.6) is 5.75 Å². The molecule has 0 spiro atoms. The highest BCUT2D eigenvalue weighted by atomic mass is 16.5. The number of aliphatic carboxylic acids is 1. The number of carboxylic acid groups (broad SMARTS) is 1. The highest BCUT2D eigenvalue weighted by Crippen LogP contribution is 2.24. The molecule has 4 amide bonds. The largest absolute Gasteiger partial charge is 0.497 e. The number of nitrogens with one attached hydrogen (secondary N) is 4. The van der Waals surface area contributed by atoms with Gasteiger partial charge in [-0.25, -0.2) is 4.79 Å². The molecule has 0 aromatic heterocycles. The second-order valence-corrected chi connectivity index (χ2v) is 10.5. The molecule has 0 bridgehead atoms. The SMILES string of the molecule is COc1ccc([C@H](CC(=O)O)NC(=O)C(CC(=O)Nc2ccc(NC(=O)Nc3ccccc3C)cc2)CC(C)C)cc1. The number of carbonyl (C=O) groups is 4. The van der Waals surface area contributed by atoms with E-state index in [1.54, 1.807) is 48.5 Å². The third-order valence-corrected chi connectivity index (χ3v) is 6.59. The summed E-state index contributed by atoms with van der Waals surface area (Å²) in [6.07, 6.45) is 0.0633. The van der Waals surface area contributed by atoms with Crippen molar-refractivity contribution in [2.45, 2.75) is 46.1 Å². The second-order valence-electron chi connectivity index (χ2n) is 10.5. The molecule has 1 unspecified atom stereocenters. The maximum atomic E-state index is 13.3. The van der Waals surface area contributed by atoms with Gasteiger partial charge in [-0.1, -0.05) is 44.2 Å². The molecule has 3 rings (SSSR count). The fourth-order valence-electron chi connectivity index (χ4n) is 4.48. The van der Waals surface area contributed by atoms with E-state index in [1.807, 2.05) is 45.0 Å². The molecule has 10 nitrogen and oxygen atoms in total. The summed E-state index contributed by atoms with van der Waals surface area (Å²) in [6.45, 7) is 5.81. The summed E-state index contributed by atoms with van der Waals surface area (Å²) in [7, 11) is 1.53. The van der Waals surface area contributed by atoms with Crippen molar-refractivity contribution >= 4 is 40.9 Å². The van der Waals surface area contributed by atoms with Gasteiger partial charge in [0.2, 0.25) is 11.8 Å². The number of benzene rings is 3. The quantitative estimate of drug-likeness (QED) is 0.170. The van der Waals surface area contributed by atoms with Crippen molar-refractivity contribution in [3.8, 4) is 5.75 Å². The zero-order chi connectivity index (χ0) is 30.6. The molecule has 3 aromatic carbocycles. The molecule has 0 fully saturated rings. The molecule has 3 aromatic rings. The summed E-state index contributed by atoms with van der Waals surface area (Å²) >= 11 is 0. The number of hydrogen-bond acceptors (Lipinski definition) is 5. The van der Waals surface area contributed by atoms with Gasteiger partial charge in [0.05, 0.1) is 19.6 Å². The summed E-state index contributed by atoms with van der Waals surface area (Å²) in [5.74, 6) is -1.72. The first-order valence-electron chi connectivity index (χ1n) is 13.7. The van der Waals surface area contributed by atoms with Crippen LogP contribution in [0.2, 0.25) is 0 Å². The molecule has 42 heavy (non-hydrogen) atoms. The standard InChI is InChI=1S/C32H38N4O6/c1-20(2)17-23(31(40)35-28(19-30(38)39)22-9-15-26(42-4)16-10-22)18-29(37)33-24-11-13-25(14-12-24)34-32(41)36-27-8-6-5-7-21(27)3/h5-16,20,23,28H,17-19H2,1-4H3,(H,33,37)(H,35,40)(H,38,39)(H2,34,36,41)/t23?,28-/m0/s1. The number of carboxylic acids is 1. The van der Waals surface area contributed by atoms with Gasteiger partial charge >= 0.3 is 12.0 Å². The van der Waals surface area contributed by atoms with Gasteiger partial charge < -0.3 is 31.1 Å². The number of amides is 4. The van der Waals surface area contributed by atoms with E-state index in [0.29, 0.717) is 34.8 Å². The Morgan fingerprint density at radius 2 is 1.43 bits per heavy atom. The number of anilines is 3. The van der Waals surface area contributed by atoms with E-state index < -0.39 is 17.9 Å². The average molecular weight is 575 g/mol. The zero-order valence-electron chi connectivity index (χ0n) is 24.3. The number of rotatable bonds is 13. The van der Waals surface area contributed by atoms with Crippen LogP contribution in [0.1, 0.15) is 50.3 Å². The summed E-state index contributed by atoms with van der Waals surface area (Å²) in [5, 5.41) is 20.6. The smallest absolute Gasteiger partial charge is 0.323 e. The van der Waals surface area contributed by atoms with Gasteiger partial charge in [-0.05, 0) is 72.9 Å². The molecule has 5 N–H and O–H groups in total. The Morgan fingerprint density at radius 1 is 0.810 bits per heavy atom. The number of hydrogen-bond donors (Lipinski definition) is 5. The molecule has 0 radical (unpaired) electrons. The molecular formula is C32H38N4O6. The number of para-hydroxylation sites is 1. The Kier molecular flexibility index (Phi) is 11.5. The van der Waals surface area contributed by atoms with Gasteiger partial charge in [0, 0.05) is 29.4 Å². The van der Waals surface area contributed by atoms with E-state index in [1.165, 1.54) is 7.11 Å². The molecular weight excluding hydrogens is 536 g/mol. The topological polar surface area (TPSA) is 146 Å². The van der Waals surface area contributed by atoms with Crippen LogP contribution in [0.3, 0.4) is 0 Å². The fourth-order valence-corrected chi connectivity index (χ4v) is 4.48. The molecule has 0 aliphatic rings. The predicted molar refractivity (Wildman–Crippen MR) is 163 cm³/mol. The van der Waals surface area contributed by atoms with Crippen molar-refractivity contribution in [3.05, 3.63) is 83.9 Å². The minimum atomic E-state index is -1.06. The maximum Gasteiger partial charge on any atom is 0.323 e. The highest BCUT2D eigenvalue weighted by Gasteiger charge is 2.27. The van der Waals surface area contributed by atoms with Gasteiger partial charge in [0.1, 0.15) is 5.75 Å². The maximum absolute atomic E-state index is 13.3. The Hall–Kier alpha value is -4.86. The van der Waals surface area contributed by atoms with Gasteiger partial charge in [-0.15, -0.1) is 0 Å². The van der Waals surface area contributed by atoms with Gasteiger partial charge in [-0.3, -0.25) is 14.4 Å². The fraction of sp³-hybridized carbons (Fsp3) is 0.312. The summed E-state index contributed by atoms with van der Waals surface area (Å²) in [5.41, 5.74) is 3.32. The normalized spacial score (nSPS) is 12.1. The summed E-state index contributed by atoms with van der Waals surface area (Å²) < 4.78 is 5.17. The van der Waals surface area contributed by atoms with E-state index >= 15 is 0 Å². The third-order valence-electron chi connectivity index (χ3n) is 6.59. The number of urea groups is 1. The van der Waals surface area contributed by atoms with Crippen LogP contribution in [-0.4, -0.2) is 36.0 Å². The predicted octanol–water partition coefficient (Wildman–Crippen LogP) is 5.97. The zero-order valence-corrected chi connectivity index (χ0v) is 24.3. The van der Waals surface area contributed by atoms with Crippen LogP contribution < -0.4 is 26.0 Å². The summed E-state index contributed by atoms with van der Waals surface area (Å²) in [6, 6.07) is 19.8. The molecule has 0 heterocycles. The molecule has 0 aliphatic heterocycles. The monoisotopic (exact) mass is 574 g/mol. The van der Waals surface area contributed by atoms with E-state index in [-0.39, 0.29) is 36.6 Å². The Labute approximate surface area is 245 Å². The van der Waals surface area contributed by atoms with Gasteiger partial charge in [0.25, 0.3) is 0 Å². The van der Waals surface area contributed by atoms with Crippen molar-refractivity contribution in [1.29, 1.82) is 0 Å². The average Bonchev–Trinajstić information content (AvgIpc) is 2.94. The lowest BCUT2D eigenvalue weighted by molar-refractivity contribution is -0.138. The minimum Gasteiger partial charge on any atom is -0.497 e. The Morgan fingerprint density at radius 3 is 2.00 bits per heavy atom. The van der Waals surface area contributed by atoms with Crippen LogP contribution >= 0.6 is 0 Å².